The SMILES string of the molecule is CC[C@H]1OC(=O)[C@H](C)C(=O)[C@H](C)[C@@H](O[C@@H]2O[C@H](COC(=O)c3ccccc3)CC(N(C)C)C2O)[C@](C)(OC)C[C@@H](C)CN[C@H](C)[C@H]2N(CCCCn3cc(-c4cnc(N)s4)nn3)C(=O)O[C@]12C. The fraction of sp³-hybridized carbons (Fsp3) is 0.681. The van der Waals surface area contributed by atoms with Crippen molar-refractivity contribution in [3.8, 4) is 10.6 Å². The van der Waals surface area contributed by atoms with E-state index in [1.165, 1.54) is 18.3 Å². The molecule has 0 radical (unpaired) electrons. The lowest BCUT2D eigenvalue weighted by Crippen LogP contribution is -2.61. The Kier molecular flexibility index (Phi) is 17.2. The highest BCUT2D eigenvalue weighted by Gasteiger charge is 2.59. The van der Waals surface area contributed by atoms with Crippen LogP contribution in [0.5, 0.6) is 0 Å². The van der Waals surface area contributed by atoms with Crippen LogP contribution in [0.15, 0.2) is 42.7 Å². The van der Waals surface area contributed by atoms with Crippen molar-refractivity contribution in [1.29, 1.82) is 0 Å². The number of carbonyl (C=O) groups excluding carboxylic acids is 4. The summed E-state index contributed by atoms with van der Waals surface area (Å²) in [7, 11) is 5.21. The number of unbranched alkanes of at least 4 members (excludes halogenated alkanes) is 1. The zero-order chi connectivity index (χ0) is 48.8. The third-order valence-corrected chi connectivity index (χ3v) is 14.6. The van der Waals surface area contributed by atoms with E-state index < -0.39 is 89.6 Å². The summed E-state index contributed by atoms with van der Waals surface area (Å²) in [5, 5.41) is 24.4. The van der Waals surface area contributed by atoms with E-state index in [0.717, 1.165) is 4.88 Å². The molecule has 2 aromatic heterocycles. The number of amides is 1. The van der Waals surface area contributed by atoms with Gasteiger partial charge in [-0.1, -0.05) is 55.5 Å². The van der Waals surface area contributed by atoms with Crippen LogP contribution in [-0.4, -0.2) is 160 Å². The number of methoxy groups -OCH3 is 1. The summed E-state index contributed by atoms with van der Waals surface area (Å²) in [4.78, 5) is 64.1. The average Bonchev–Trinajstić information content (AvgIpc) is 4.03. The quantitative estimate of drug-likeness (QED) is 0.0869. The van der Waals surface area contributed by atoms with Crippen LogP contribution in [0, 0.1) is 17.8 Å². The lowest BCUT2D eigenvalue weighted by Gasteiger charge is -2.47. The fourth-order valence-corrected chi connectivity index (χ4v) is 10.6. The molecule has 5 heterocycles. The van der Waals surface area contributed by atoms with E-state index in [1.807, 2.05) is 52.0 Å². The van der Waals surface area contributed by atoms with Gasteiger partial charge in [0.1, 0.15) is 30.4 Å². The van der Waals surface area contributed by atoms with Gasteiger partial charge < -0.3 is 49.5 Å². The molecule has 3 saturated heterocycles. The summed E-state index contributed by atoms with van der Waals surface area (Å²) >= 11 is 1.33. The number of anilines is 1. The number of hydrogen-bond donors (Lipinski definition) is 3. The number of esters is 2. The van der Waals surface area contributed by atoms with Crippen LogP contribution in [0.1, 0.15) is 90.9 Å². The molecule has 19 nitrogen and oxygen atoms in total. The number of nitrogen functional groups attached to an aromatic ring is 1. The van der Waals surface area contributed by atoms with Gasteiger partial charge in [0.2, 0.25) is 0 Å². The molecule has 2 unspecified atom stereocenters. The number of ketones is 1. The van der Waals surface area contributed by atoms with E-state index >= 15 is 0 Å². The first-order chi connectivity index (χ1) is 31.8. The Morgan fingerprint density at radius 2 is 1.81 bits per heavy atom. The first kappa shape index (κ1) is 51.8. The lowest BCUT2D eigenvalue weighted by molar-refractivity contribution is -0.300. The Labute approximate surface area is 397 Å². The van der Waals surface area contributed by atoms with Gasteiger partial charge in [0.15, 0.2) is 22.8 Å². The van der Waals surface area contributed by atoms with Gasteiger partial charge in [-0.15, -0.1) is 5.10 Å². The van der Waals surface area contributed by atoms with Crippen molar-refractivity contribution in [1.82, 2.24) is 35.1 Å². The summed E-state index contributed by atoms with van der Waals surface area (Å²) in [6.45, 7) is 14.0. The molecular formula is C47H70N8O11S. The molecule has 3 aliphatic heterocycles. The molecule has 6 rings (SSSR count). The van der Waals surface area contributed by atoms with Gasteiger partial charge in [-0.3, -0.25) is 19.2 Å². The molecule has 3 fully saturated rings. The molecule has 20 heteroatoms. The number of nitrogens with two attached hydrogens (primary N) is 1. The third-order valence-electron chi connectivity index (χ3n) is 13.7. The maximum Gasteiger partial charge on any atom is 0.410 e. The van der Waals surface area contributed by atoms with Crippen molar-refractivity contribution in [2.24, 2.45) is 17.8 Å². The number of Topliss-reactive ketones (excluding diaryl/α,β-unsaturated/α-hetero) is 1. The number of benzene rings is 1. The van der Waals surface area contributed by atoms with Crippen LogP contribution in [0.3, 0.4) is 0 Å². The number of aliphatic hydroxyl groups excluding tert-OH is 1. The number of likely N-dealkylation sites (N-methyl/N-ethyl adjacent to an activating group) is 1. The highest BCUT2D eigenvalue weighted by atomic mass is 32.1. The predicted octanol–water partition coefficient (Wildman–Crippen LogP) is 4.58. The van der Waals surface area contributed by atoms with Crippen molar-refractivity contribution in [3.05, 3.63) is 48.3 Å². The van der Waals surface area contributed by atoms with E-state index in [2.05, 4.69) is 27.5 Å². The fourth-order valence-electron chi connectivity index (χ4n) is 9.96. The number of carbonyl (C=O) groups is 4. The largest absolute Gasteiger partial charge is 0.459 e. The number of hydrogen-bond acceptors (Lipinski definition) is 18. The van der Waals surface area contributed by atoms with E-state index in [4.69, 9.17) is 34.2 Å². The van der Waals surface area contributed by atoms with E-state index in [9.17, 15) is 24.3 Å². The van der Waals surface area contributed by atoms with Gasteiger partial charge in [-0.05, 0) is 98.5 Å². The van der Waals surface area contributed by atoms with Crippen LogP contribution in [0.2, 0.25) is 0 Å². The van der Waals surface area contributed by atoms with Gasteiger partial charge in [-0.25, -0.2) is 14.6 Å². The number of rotatable bonds is 14. The number of fused-ring (bicyclic) bond motifs is 1. The van der Waals surface area contributed by atoms with Crippen molar-refractivity contribution in [2.75, 3.05) is 46.6 Å². The van der Waals surface area contributed by atoms with Crippen molar-refractivity contribution < 1.29 is 52.7 Å². The van der Waals surface area contributed by atoms with Crippen molar-refractivity contribution in [2.45, 2.75) is 147 Å². The normalized spacial score (nSPS) is 33.4. The molecule has 0 bridgehead atoms. The van der Waals surface area contributed by atoms with Crippen LogP contribution >= 0.6 is 11.3 Å². The number of aliphatic hydroxyl groups is 1. The van der Waals surface area contributed by atoms with Gasteiger partial charge >= 0.3 is 18.0 Å². The summed E-state index contributed by atoms with van der Waals surface area (Å²) in [5.74, 6) is -4.07. The molecule has 13 atom stereocenters. The second kappa shape index (κ2) is 22.2. The summed E-state index contributed by atoms with van der Waals surface area (Å²) in [5.41, 5.74) is 4.44. The molecule has 1 aromatic carbocycles. The molecule has 370 valence electrons. The summed E-state index contributed by atoms with van der Waals surface area (Å²) in [6, 6.07) is 7.27. The second-order valence-electron chi connectivity index (χ2n) is 19.0. The van der Waals surface area contributed by atoms with Crippen molar-refractivity contribution >= 4 is 40.3 Å². The predicted molar refractivity (Wildman–Crippen MR) is 249 cm³/mol. The first-order valence-corrected chi connectivity index (χ1v) is 24.1. The smallest absolute Gasteiger partial charge is 0.410 e. The Balaban J connectivity index is 1.22. The van der Waals surface area contributed by atoms with Gasteiger partial charge in [-0.2, -0.15) is 0 Å². The zero-order valence-electron chi connectivity index (χ0n) is 40.5. The molecule has 3 aliphatic rings. The Hall–Kier alpha value is -4.57. The number of cyclic esters (lactones) is 1. The van der Waals surface area contributed by atoms with Crippen LogP contribution < -0.4 is 11.1 Å². The van der Waals surface area contributed by atoms with E-state index in [1.54, 1.807) is 61.0 Å². The maximum absolute atomic E-state index is 14.6. The van der Waals surface area contributed by atoms with Crippen molar-refractivity contribution in [3.63, 3.8) is 0 Å². The average molecular weight is 955 g/mol. The summed E-state index contributed by atoms with van der Waals surface area (Å²) in [6.07, 6.45) is 0.283. The van der Waals surface area contributed by atoms with Crippen LogP contribution in [0.25, 0.3) is 10.6 Å². The minimum absolute atomic E-state index is 0.0909. The van der Waals surface area contributed by atoms with Gasteiger partial charge in [0.05, 0.1) is 40.5 Å². The van der Waals surface area contributed by atoms with Gasteiger partial charge in [0, 0.05) is 44.4 Å². The Morgan fingerprint density at radius 1 is 1.09 bits per heavy atom. The minimum Gasteiger partial charge on any atom is -0.459 e. The summed E-state index contributed by atoms with van der Waals surface area (Å²) < 4.78 is 39.3. The first-order valence-electron chi connectivity index (χ1n) is 23.3. The highest BCUT2D eigenvalue weighted by Crippen LogP contribution is 2.40. The highest BCUT2D eigenvalue weighted by molar-refractivity contribution is 7.18. The minimum atomic E-state index is -1.28. The van der Waals surface area contributed by atoms with Crippen LogP contribution in [-0.2, 0) is 44.6 Å². The Bertz CT molecular complexity index is 2140. The standard InChI is InChI=1S/C47H70N8O11S/c1-11-36-47(7)39(55(45(60)66-47)20-16-15-19-54-25-33(51-52-54)35-24-50-44(48)67-35)30(5)49-23-27(2)22-46(6,61-10)40(28(3)37(56)29(4)41(58)64-36)65-43-38(57)34(53(8)9)21-32(63-43)26-62-42(59)31-17-13-12-14-18-31/h12-14,17-18,24-25,27-30,32,34,36,38-40,43,49,57H,11,15-16,19-23,26H2,1-10H3,(H2,48,50)/t27-,28+,29-,30-,32+,34?,36-,38?,39-,40-,43+,46-,47-/m1/s1. The third kappa shape index (κ3) is 11.8. The van der Waals surface area contributed by atoms with Gasteiger partial charge in [0.25, 0.3) is 0 Å². The number of aryl methyl sites for hydroxylation is 1. The molecule has 1 amide bonds. The van der Waals surface area contributed by atoms with E-state index in [-0.39, 0.29) is 18.6 Å². The molecule has 0 aliphatic carbocycles. The second-order valence-corrected chi connectivity index (χ2v) is 20.1. The maximum atomic E-state index is 14.6. The molecule has 0 spiro atoms. The topological polar surface area (TPSA) is 232 Å². The molecule has 4 N–H and O–H groups in total. The zero-order valence-corrected chi connectivity index (χ0v) is 41.3. The molecule has 3 aromatic rings. The molecular weight excluding hydrogens is 885 g/mol. The number of nitrogens with zero attached hydrogens (tertiary/aromatic N) is 6. The number of aromatic nitrogens is 4. The molecule has 67 heavy (non-hydrogen) atoms. The molecule has 0 saturated carbocycles. The lowest BCUT2D eigenvalue weighted by atomic mass is 9.78. The number of ether oxygens (including phenoxy) is 6. The van der Waals surface area contributed by atoms with E-state index in [0.29, 0.717) is 68.1 Å². The monoisotopic (exact) mass is 954 g/mol. The van der Waals surface area contributed by atoms with Crippen LogP contribution in [0.4, 0.5) is 9.93 Å². The number of thiazole rings is 1. The number of nitrogens with one attached hydrogen (secondary N) is 1. The Morgan fingerprint density at radius 3 is 2.46 bits per heavy atom.